The van der Waals surface area contributed by atoms with Crippen molar-refractivity contribution in [3.63, 3.8) is 0 Å². The average Bonchev–Trinajstić information content (AvgIpc) is 2.79. The number of ether oxygens (including phenoxy) is 1. The molecule has 5 nitrogen and oxygen atoms in total. The first-order valence-corrected chi connectivity index (χ1v) is 10.2. The highest BCUT2D eigenvalue weighted by molar-refractivity contribution is 6.19. The van der Waals surface area contributed by atoms with Gasteiger partial charge in [0, 0.05) is 22.4 Å². The van der Waals surface area contributed by atoms with Gasteiger partial charge in [-0.25, -0.2) is 9.79 Å². The zero-order chi connectivity index (χ0) is 23.3. The fraction of sp³-hybridized carbons (Fsp3) is 0.148. The molecule has 0 spiro atoms. The van der Waals surface area contributed by atoms with Crippen molar-refractivity contribution in [2.45, 2.75) is 20.8 Å². The Morgan fingerprint density at radius 1 is 1.00 bits per heavy atom. The fourth-order valence-electron chi connectivity index (χ4n) is 3.30. The minimum Gasteiger partial charge on any atom is -0.465 e. The highest BCUT2D eigenvalue weighted by atomic mass is 16.5. The molecule has 0 saturated carbocycles. The molecule has 1 aliphatic rings. The smallest absolute Gasteiger partial charge is 0.337 e. The van der Waals surface area contributed by atoms with E-state index in [0.29, 0.717) is 28.2 Å². The van der Waals surface area contributed by atoms with Crippen LogP contribution < -0.4 is 5.32 Å². The maximum atomic E-state index is 13.0. The van der Waals surface area contributed by atoms with Gasteiger partial charge in [-0.3, -0.25) is 4.79 Å². The molecule has 2 aromatic rings. The molecule has 0 saturated heterocycles. The minimum absolute atomic E-state index is 0.251. The van der Waals surface area contributed by atoms with Gasteiger partial charge in [-0.2, -0.15) is 0 Å². The zero-order valence-electron chi connectivity index (χ0n) is 18.7. The Balaban J connectivity index is 1.89. The van der Waals surface area contributed by atoms with Crippen LogP contribution in [0.5, 0.6) is 0 Å². The Morgan fingerprint density at radius 3 is 2.34 bits per heavy atom. The van der Waals surface area contributed by atoms with Crippen molar-refractivity contribution in [1.29, 1.82) is 0 Å². The van der Waals surface area contributed by atoms with E-state index in [1.807, 2.05) is 56.3 Å². The summed E-state index contributed by atoms with van der Waals surface area (Å²) < 4.78 is 4.70. The predicted octanol–water partition coefficient (Wildman–Crippen LogP) is 5.66. The van der Waals surface area contributed by atoms with Gasteiger partial charge in [0.2, 0.25) is 0 Å². The first-order chi connectivity index (χ1) is 15.3. The van der Waals surface area contributed by atoms with E-state index in [4.69, 9.17) is 9.73 Å². The lowest BCUT2D eigenvalue weighted by molar-refractivity contribution is -0.112. The second-order valence-corrected chi connectivity index (χ2v) is 7.54. The number of anilines is 1. The minimum atomic E-state index is -0.425. The summed E-state index contributed by atoms with van der Waals surface area (Å²) in [5.74, 6) is -0.676. The number of nitrogens with one attached hydrogen (secondary N) is 1. The van der Waals surface area contributed by atoms with Gasteiger partial charge in [-0.15, -0.1) is 0 Å². The SMILES string of the molecule is C=C(N=C1C=CC(C)=C/C1=C(/C)C(=O)Nc1ccc(C(=O)OC)cc1)c1ccccc1C. The van der Waals surface area contributed by atoms with Gasteiger partial charge in [0.15, 0.2) is 0 Å². The lowest BCUT2D eigenvalue weighted by atomic mass is 9.95. The number of aliphatic imine (C=N–C) groups is 1. The number of esters is 1. The van der Waals surface area contributed by atoms with Crippen molar-refractivity contribution in [2.24, 2.45) is 4.99 Å². The standard InChI is InChI=1S/C27H26N2O3/c1-17-10-15-25(28-20(4)23-9-7-6-8-18(23)2)24(16-17)19(3)26(30)29-22-13-11-21(12-14-22)27(31)32-5/h6-16H,4H2,1-3,5H3,(H,29,30)/b24-19+,28-25?. The van der Waals surface area contributed by atoms with Crippen LogP contribution >= 0.6 is 0 Å². The number of rotatable bonds is 5. The van der Waals surface area contributed by atoms with E-state index in [1.165, 1.54) is 7.11 Å². The third kappa shape index (κ3) is 5.19. The molecular weight excluding hydrogens is 400 g/mol. The summed E-state index contributed by atoms with van der Waals surface area (Å²) in [6, 6.07) is 14.5. The van der Waals surface area contributed by atoms with E-state index < -0.39 is 5.97 Å². The van der Waals surface area contributed by atoms with Crippen molar-refractivity contribution in [3.8, 4) is 0 Å². The van der Waals surface area contributed by atoms with Crippen LogP contribution in [0.1, 0.15) is 35.3 Å². The molecule has 162 valence electrons. The van der Waals surface area contributed by atoms with E-state index >= 15 is 0 Å². The summed E-state index contributed by atoms with van der Waals surface area (Å²) in [6.07, 6.45) is 5.81. The molecule has 0 bridgehead atoms. The van der Waals surface area contributed by atoms with Gasteiger partial charge >= 0.3 is 5.97 Å². The molecule has 2 aromatic carbocycles. The predicted molar refractivity (Wildman–Crippen MR) is 130 cm³/mol. The highest BCUT2D eigenvalue weighted by Crippen LogP contribution is 2.24. The number of carbonyl (C=O) groups is 2. The molecule has 5 heteroatoms. The quantitative estimate of drug-likeness (QED) is 0.495. The maximum Gasteiger partial charge on any atom is 0.337 e. The Labute approximate surface area is 188 Å². The molecule has 0 aromatic heterocycles. The summed E-state index contributed by atoms with van der Waals surface area (Å²) in [7, 11) is 1.33. The van der Waals surface area contributed by atoms with Gasteiger partial charge < -0.3 is 10.1 Å². The molecule has 0 fully saturated rings. The molecule has 0 atom stereocenters. The number of benzene rings is 2. The number of nitrogens with zero attached hydrogens (tertiary/aromatic N) is 1. The van der Waals surface area contributed by atoms with Gasteiger partial charge in [-0.1, -0.05) is 42.5 Å². The normalized spacial score (nSPS) is 15.8. The van der Waals surface area contributed by atoms with Crippen molar-refractivity contribution in [1.82, 2.24) is 0 Å². The van der Waals surface area contributed by atoms with E-state index in [-0.39, 0.29) is 5.91 Å². The van der Waals surface area contributed by atoms with E-state index in [0.717, 1.165) is 22.3 Å². The summed E-state index contributed by atoms with van der Waals surface area (Å²) in [4.78, 5) is 29.3. The summed E-state index contributed by atoms with van der Waals surface area (Å²) in [5.41, 5.74) is 6.66. The third-order valence-corrected chi connectivity index (χ3v) is 5.17. The number of hydrogen-bond donors (Lipinski definition) is 1. The van der Waals surface area contributed by atoms with Crippen molar-refractivity contribution < 1.29 is 14.3 Å². The van der Waals surface area contributed by atoms with Gasteiger partial charge in [-0.05, 0) is 62.8 Å². The zero-order valence-corrected chi connectivity index (χ0v) is 18.7. The summed E-state index contributed by atoms with van der Waals surface area (Å²) in [6.45, 7) is 9.89. The molecule has 3 rings (SSSR count). The second kappa shape index (κ2) is 9.88. The number of carbonyl (C=O) groups excluding carboxylic acids is 2. The molecule has 1 N–H and O–H groups in total. The van der Waals surface area contributed by atoms with Gasteiger partial charge in [0.1, 0.15) is 0 Å². The topological polar surface area (TPSA) is 67.8 Å². The maximum absolute atomic E-state index is 13.0. The Hall–Kier alpha value is -3.99. The van der Waals surface area contributed by atoms with Gasteiger partial charge in [0.25, 0.3) is 5.91 Å². The Morgan fingerprint density at radius 2 is 1.69 bits per heavy atom. The average molecular weight is 427 g/mol. The lowest BCUT2D eigenvalue weighted by Gasteiger charge is -2.15. The lowest BCUT2D eigenvalue weighted by Crippen LogP contribution is -2.17. The van der Waals surface area contributed by atoms with Crippen LogP contribution in [0.2, 0.25) is 0 Å². The fourth-order valence-corrected chi connectivity index (χ4v) is 3.30. The van der Waals surface area contributed by atoms with Crippen LogP contribution in [-0.4, -0.2) is 24.7 Å². The molecule has 0 radical (unpaired) electrons. The number of methoxy groups -OCH3 is 1. The molecule has 0 aliphatic heterocycles. The molecule has 32 heavy (non-hydrogen) atoms. The Kier molecular flexibility index (Phi) is 7.00. The first-order valence-electron chi connectivity index (χ1n) is 10.2. The van der Waals surface area contributed by atoms with Crippen molar-refractivity contribution in [2.75, 3.05) is 12.4 Å². The van der Waals surface area contributed by atoms with Crippen molar-refractivity contribution >= 4 is 29.0 Å². The molecule has 1 amide bonds. The molecule has 0 heterocycles. The van der Waals surface area contributed by atoms with E-state index in [2.05, 4.69) is 11.9 Å². The Bertz CT molecular complexity index is 1200. The summed E-state index contributed by atoms with van der Waals surface area (Å²) in [5, 5.41) is 2.87. The van der Waals surface area contributed by atoms with E-state index in [9.17, 15) is 9.59 Å². The number of aryl methyl sites for hydroxylation is 1. The summed E-state index contributed by atoms with van der Waals surface area (Å²) >= 11 is 0. The van der Waals surface area contributed by atoms with Crippen molar-refractivity contribution in [3.05, 3.63) is 107 Å². The van der Waals surface area contributed by atoms with Crippen LogP contribution in [0.25, 0.3) is 5.70 Å². The monoisotopic (exact) mass is 426 g/mol. The largest absolute Gasteiger partial charge is 0.465 e. The van der Waals surface area contributed by atoms with E-state index in [1.54, 1.807) is 31.2 Å². The molecule has 1 aliphatic carbocycles. The number of amides is 1. The number of hydrogen-bond acceptors (Lipinski definition) is 4. The van der Waals surface area contributed by atoms with Crippen LogP contribution in [0, 0.1) is 6.92 Å². The van der Waals surface area contributed by atoms with Crippen LogP contribution in [0.3, 0.4) is 0 Å². The highest BCUT2D eigenvalue weighted by Gasteiger charge is 2.17. The second-order valence-electron chi connectivity index (χ2n) is 7.54. The first kappa shape index (κ1) is 22.7. The van der Waals surface area contributed by atoms with Crippen LogP contribution in [0.4, 0.5) is 5.69 Å². The molecular formula is C27H26N2O3. The van der Waals surface area contributed by atoms with Crippen LogP contribution in [0.15, 0.2) is 95.0 Å². The van der Waals surface area contributed by atoms with Crippen LogP contribution in [-0.2, 0) is 9.53 Å². The van der Waals surface area contributed by atoms with Gasteiger partial charge in [0.05, 0.1) is 24.1 Å². The number of allylic oxidation sites excluding steroid dienone is 5. The third-order valence-electron chi connectivity index (χ3n) is 5.17. The molecule has 0 unspecified atom stereocenters.